The quantitative estimate of drug-likeness (QED) is 0.352. The molecule has 11 heteroatoms. The molecule has 1 fully saturated rings. The van der Waals surface area contributed by atoms with E-state index in [2.05, 4.69) is 11.5 Å². The lowest BCUT2D eigenvalue weighted by Crippen LogP contribution is -2.60. The summed E-state index contributed by atoms with van der Waals surface area (Å²) in [5.41, 5.74) is 3.15. The predicted octanol–water partition coefficient (Wildman–Crippen LogP) is 0.395. The van der Waals surface area contributed by atoms with Gasteiger partial charge in [-0.25, -0.2) is 0 Å². The van der Waals surface area contributed by atoms with Crippen LogP contribution in [0.15, 0.2) is 42.7 Å². The summed E-state index contributed by atoms with van der Waals surface area (Å²) in [6.07, 6.45) is -3.84. The first kappa shape index (κ1) is 25.5. The van der Waals surface area contributed by atoms with Gasteiger partial charge in [-0.1, -0.05) is 6.08 Å². The molecule has 9 atom stereocenters. The van der Waals surface area contributed by atoms with Gasteiger partial charge in [0.1, 0.15) is 30.2 Å². The van der Waals surface area contributed by atoms with E-state index in [1.54, 1.807) is 28.8 Å². The number of phenolic OH excluding ortho intramolecular Hbond substituents is 1. The standard InChI is InChI=1S/C27H32N2O9/c1-3-13-15-9-19-21-14(6-7-28(19)2)16-8-12(31)4-5-18(16)29(21)25(35)17(15)11-36-26(13)38-27-24(34)23(33)22(32)20(10-30)37-27/h3-5,8,11,13,15,19-20,22-24,26-27,30-34H,1,6-7,9-10H2,2H3/t13-,15-,19-,20-,22-,23+,24+,26+,27+/m1/s1. The van der Waals surface area contributed by atoms with Crippen molar-refractivity contribution < 1.29 is 44.5 Å². The molecule has 5 N–H and O–H groups in total. The van der Waals surface area contributed by atoms with Crippen molar-refractivity contribution in [1.29, 1.82) is 0 Å². The third-order valence-corrected chi connectivity index (χ3v) is 8.48. The molecule has 0 aliphatic carbocycles. The SMILES string of the molecule is C=C[C@H]1[C@H](O[C@@H]2O[C@H](CO)[C@@H](O)[C@H](O)[C@@H]2O)OC=C2C(=O)n3c4c(c5cc(O)ccc53)CCN(C)[C@@H]4C[C@@H]21. The highest BCUT2D eigenvalue weighted by Crippen LogP contribution is 2.48. The highest BCUT2D eigenvalue weighted by atomic mass is 16.8. The van der Waals surface area contributed by atoms with Crippen molar-refractivity contribution in [1.82, 2.24) is 9.47 Å². The average Bonchev–Trinajstić information content (AvgIpc) is 3.16. The minimum atomic E-state index is -1.59. The van der Waals surface area contributed by atoms with Gasteiger partial charge in [-0.2, -0.15) is 0 Å². The smallest absolute Gasteiger partial charge is 0.261 e. The monoisotopic (exact) mass is 528 g/mol. The molecule has 1 aromatic carbocycles. The van der Waals surface area contributed by atoms with Crippen LogP contribution in [0.3, 0.4) is 0 Å². The van der Waals surface area contributed by atoms with Crippen LogP contribution in [0.25, 0.3) is 10.9 Å². The molecule has 0 unspecified atom stereocenters. The summed E-state index contributed by atoms with van der Waals surface area (Å²) in [7, 11) is 2.02. The number of phenols is 1. The number of ether oxygens (including phenoxy) is 3. The number of aromatic nitrogens is 1. The Kier molecular flexibility index (Phi) is 6.35. The van der Waals surface area contributed by atoms with E-state index in [-0.39, 0.29) is 23.6 Å². The molecule has 38 heavy (non-hydrogen) atoms. The van der Waals surface area contributed by atoms with Gasteiger partial charge in [0, 0.05) is 29.5 Å². The average molecular weight is 529 g/mol. The number of likely N-dealkylation sites (N-methyl/N-ethyl adjacent to an activating group) is 1. The van der Waals surface area contributed by atoms with Crippen LogP contribution >= 0.6 is 0 Å². The van der Waals surface area contributed by atoms with Gasteiger partial charge in [-0.05, 0) is 43.7 Å². The molecule has 0 spiro atoms. The number of nitrogens with zero attached hydrogens (tertiary/aromatic N) is 2. The molecule has 204 valence electrons. The molecule has 0 amide bonds. The summed E-state index contributed by atoms with van der Waals surface area (Å²) in [6, 6.07) is 4.95. The first-order valence-electron chi connectivity index (χ1n) is 12.8. The molecular weight excluding hydrogens is 496 g/mol. The molecule has 4 aliphatic heterocycles. The van der Waals surface area contributed by atoms with Gasteiger partial charge in [0.15, 0.2) is 6.29 Å². The zero-order valence-electron chi connectivity index (χ0n) is 20.9. The van der Waals surface area contributed by atoms with Crippen LogP contribution in [0, 0.1) is 11.8 Å². The normalized spacial score (nSPS) is 37.1. The Morgan fingerprint density at radius 3 is 2.71 bits per heavy atom. The van der Waals surface area contributed by atoms with E-state index in [0.29, 0.717) is 12.0 Å². The van der Waals surface area contributed by atoms with Crippen LogP contribution < -0.4 is 0 Å². The minimum Gasteiger partial charge on any atom is -0.508 e. The number of fused-ring (bicyclic) bond motifs is 4. The van der Waals surface area contributed by atoms with Gasteiger partial charge < -0.3 is 39.7 Å². The Hall–Kier alpha value is -2.77. The van der Waals surface area contributed by atoms with Crippen molar-refractivity contribution in [2.45, 2.75) is 55.9 Å². The zero-order valence-corrected chi connectivity index (χ0v) is 20.9. The number of benzene rings is 1. The molecule has 1 saturated heterocycles. The van der Waals surface area contributed by atoms with E-state index in [1.165, 1.54) is 6.26 Å². The summed E-state index contributed by atoms with van der Waals surface area (Å²) < 4.78 is 19.1. The van der Waals surface area contributed by atoms with Crippen LogP contribution in [0.1, 0.15) is 28.5 Å². The highest BCUT2D eigenvalue weighted by molar-refractivity contribution is 6.05. The van der Waals surface area contributed by atoms with E-state index in [4.69, 9.17) is 14.2 Å². The van der Waals surface area contributed by atoms with Crippen molar-refractivity contribution in [2.24, 2.45) is 11.8 Å². The lowest BCUT2D eigenvalue weighted by molar-refractivity contribution is -0.339. The second-order valence-electron chi connectivity index (χ2n) is 10.5. The molecular formula is C27H32N2O9. The van der Waals surface area contributed by atoms with Crippen molar-refractivity contribution in [3.8, 4) is 5.75 Å². The van der Waals surface area contributed by atoms with E-state index in [9.17, 15) is 30.3 Å². The molecule has 0 radical (unpaired) electrons. The zero-order chi connectivity index (χ0) is 26.9. The maximum absolute atomic E-state index is 14.1. The Labute approximate surface area is 218 Å². The number of hydrogen-bond acceptors (Lipinski definition) is 10. The van der Waals surface area contributed by atoms with E-state index in [0.717, 1.165) is 35.1 Å². The Morgan fingerprint density at radius 1 is 1.18 bits per heavy atom. The Bertz CT molecular complexity index is 1300. The lowest BCUT2D eigenvalue weighted by atomic mass is 9.78. The van der Waals surface area contributed by atoms with E-state index >= 15 is 0 Å². The first-order chi connectivity index (χ1) is 18.2. The highest BCUT2D eigenvalue weighted by Gasteiger charge is 2.49. The molecule has 1 aromatic heterocycles. The molecule has 0 saturated carbocycles. The third kappa shape index (κ3) is 3.73. The summed E-state index contributed by atoms with van der Waals surface area (Å²) in [5.74, 6) is -0.919. The van der Waals surface area contributed by atoms with Crippen LogP contribution in [0.5, 0.6) is 5.75 Å². The van der Waals surface area contributed by atoms with Crippen LogP contribution in [0.2, 0.25) is 0 Å². The maximum Gasteiger partial charge on any atom is 0.261 e. The first-order valence-corrected chi connectivity index (χ1v) is 12.8. The number of hydrogen-bond donors (Lipinski definition) is 5. The lowest BCUT2D eigenvalue weighted by Gasteiger charge is -2.43. The number of rotatable bonds is 4. The van der Waals surface area contributed by atoms with E-state index in [1.807, 2.05) is 7.05 Å². The third-order valence-electron chi connectivity index (χ3n) is 8.48. The van der Waals surface area contributed by atoms with Gasteiger partial charge in [-0.15, -0.1) is 6.58 Å². The molecule has 0 bridgehead atoms. The molecule has 4 aliphatic rings. The number of aliphatic hydroxyl groups excluding tert-OH is 4. The molecule has 11 nitrogen and oxygen atoms in total. The molecule has 2 aromatic rings. The van der Waals surface area contributed by atoms with Gasteiger partial charge >= 0.3 is 0 Å². The summed E-state index contributed by atoms with van der Waals surface area (Å²) in [5, 5.41) is 51.3. The number of allylic oxidation sites excluding steroid dienone is 1. The minimum absolute atomic E-state index is 0.0957. The van der Waals surface area contributed by atoms with E-state index < -0.39 is 49.5 Å². The number of aliphatic hydroxyl groups is 4. The largest absolute Gasteiger partial charge is 0.508 e. The fourth-order valence-electron chi connectivity index (χ4n) is 6.43. The van der Waals surface area contributed by atoms with Crippen LogP contribution in [-0.2, 0) is 20.6 Å². The second-order valence-corrected chi connectivity index (χ2v) is 10.5. The Morgan fingerprint density at radius 2 is 1.97 bits per heavy atom. The molecule has 5 heterocycles. The molecule has 6 rings (SSSR count). The second kappa shape index (κ2) is 9.45. The fourth-order valence-corrected chi connectivity index (χ4v) is 6.43. The maximum atomic E-state index is 14.1. The van der Waals surface area contributed by atoms with Crippen LogP contribution in [0.4, 0.5) is 0 Å². The predicted molar refractivity (Wildman–Crippen MR) is 133 cm³/mol. The topological polar surface area (TPSA) is 154 Å². The summed E-state index contributed by atoms with van der Waals surface area (Å²) in [6.45, 7) is 4.17. The van der Waals surface area contributed by atoms with Crippen LogP contribution in [-0.4, -0.2) is 98.1 Å². The number of carbonyl (C=O) groups is 1. The van der Waals surface area contributed by atoms with Crippen molar-refractivity contribution >= 4 is 16.8 Å². The van der Waals surface area contributed by atoms with Gasteiger partial charge in [0.25, 0.3) is 5.91 Å². The summed E-state index contributed by atoms with van der Waals surface area (Å²) >= 11 is 0. The number of carbonyl (C=O) groups excluding carboxylic acids is 1. The van der Waals surface area contributed by atoms with Crippen molar-refractivity contribution in [3.63, 3.8) is 0 Å². The van der Waals surface area contributed by atoms with Crippen molar-refractivity contribution in [2.75, 3.05) is 20.2 Å². The Balaban J connectivity index is 1.37. The van der Waals surface area contributed by atoms with Gasteiger partial charge in [0.05, 0.1) is 30.0 Å². The fraction of sp³-hybridized carbons (Fsp3) is 0.519. The number of aromatic hydroxyl groups is 1. The van der Waals surface area contributed by atoms with Crippen molar-refractivity contribution in [3.05, 3.63) is 53.9 Å². The van der Waals surface area contributed by atoms with Gasteiger partial charge in [-0.3, -0.25) is 14.3 Å². The van der Waals surface area contributed by atoms with Gasteiger partial charge in [0.2, 0.25) is 6.29 Å². The summed E-state index contributed by atoms with van der Waals surface area (Å²) in [4.78, 5) is 16.3.